The number of aliphatic hydroxyl groups excluding tert-OH is 1. The first-order valence-electron chi connectivity index (χ1n) is 14.2. The highest BCUT2D eigenvalue weighted by atomic mass is 32.1. The van der Waals surface area contributed by atoms with Gasteiger partial charge in [-0.2, -0.15) is 0 Å². The summed E-state index contributed by atoms with van der Waals surface area (Å²) in [6, 6.07) is 0. The molecule has 3 rings (SSSR count). The van der Waals surface area contributed by atoms with Gasteiger partial charge < -0.3 is 23.7 Å². The van der Waals surface area contributed by atoms with Crippen molar-refractivity contribution in [1.82, 2.24) is 4.98 Å². The summed E-state index contributed by atoms with van der Waals surface area (Å²) in [5, 5.41) is 13.6. The van der Waals surface area contributed by atoms with Crippen LogP contribution in [0, 0.1) is 12.8 Å². The molecule has 1 N–H and O–H groups in total. The zero-order valence-electron chi connectivity index (χ0n) is 24.5. The molecule has 212 valence electrons. The van der Waals surface area contributed by atoms with Crippen molar-refractivity contribution in [1.29, 1.82) is 0 Å². The van der Waals surface area contributed by atoms with Gasteiger partial charge in [0.15, 0.2) is 14.6 Å². The van der Waals surface area contributed by atoms with Gasteiger partial charge in [-0.25, -0.2) is 4.98 Å². The highest BCUT2D eigenvalue weighted by molar-refractivity contribution is 7.09. The summed E-state index contributed by atoms with van der Waals surface area (Å²) in [4.78, 5) is 4.63. The third-order valence-corrected chi connectivity index (χ3v) is 13.6. The van der Waals surface area contributed by atoms with Gasteiger partial charge in [-0.05, 0) is 81.7 Å². The molecule has 1 aromatic heterocycles. The molecule has 0 aromatic carbocycles. The lowest BCUT2D eigenvalue weighted by Crippen LogP contribution is -2.44. The summed E-state index contributed by atoms with van der Waals surface area (Å²) in [7, 11) is -2.00. The zero-order valence-corrected chi connectivity index (χ0v) is 26.3. The van der Waals surface area contributed by atoms with Crippen LogP contribution in [0.3, 0.4) is 0 Å². The first-order valence-corrected chi connectivity index (χ1v) is 17.9. The maximum absolute atomic E-state index is 10.3. The fourth-order valence-electron chi connectivity index (χ4n) is 4.72. The molecule has 0 spiro atoms. The van der Waals surface area contributed by atoms with Crippen molar-refractivity contribution in [3.8, 4) is 0 Å². The molecule has 0 radical (unpaired) electrons. The standard InChI is InChI=1S/C29H51NO5SSi/c1-21(18-33-27-13-9-10-15-32-27)12-11-14-29(20-31)26(34-29)17-25(35-37(7,8)28(4,5)6)22(2)16-24-19-36-23(3)30-24/h16,19,21,25-27,31H,9-15,17-18,20H2,1-8H3/b22-16+/t21-,25-,26-,27?,29-/m0/s1. The molecule has 6 nitrogen and oxygen atoms in total. The van der Waals surface area contributed by atoms with Gasteiger partial charge in [0.05, 0.1) is 36.1 Å². The third kappa shape index (κ3) is 8.95. The van der Waals surface area contributed by atoms with E-state index in [9.17, 15) is 5.11 Å². The van der Waals surface area contributed by atoms with Crippen molar-refractivity contribution in [2.75, 3.05) is 19.8 Å². The second-order valence-electron chi connectivity index (χ2n) is 12.7. The van der Waals surface area contributed by atoms with Gasteiger partial charge in [0.2, 0.25) is 0 Å². The van der Waals surface area contributed by atoms with Crippen molar-refractivity contribution in [3.05, 3.63) is 21.7 Å². The van der Waals surface area contributed by atoms with Crippen LogP contribution in [-0.2, 0) is 18.6 Å². The normalized spacial score (nSPS) is 26.8. The van der Waals surface area contributed by atoms with Crippen LogP contribution in [0.4, 0.5) is 0 Å². The summed E-state index contributed by atoms with van der Waals surface area (Å²) in [6.45, 7) is 19.4. The van der Waals surface area contributed by atoms with Gasteiger partial charge in [0.1, 0.15) is 5.60 Å². The van der Waals surface area contributed by atoms with E-state index in [1.165, 1.54) is 12.0 Å². The van der Waals surface area contributed by atoms with Crippen LogP contribution in [-0.4, -0.2) is 62.3 Å². The first-order chi connectivity index (χ1) is 17.3. The molecule has 1 unspecified atom stereocenters. The number of ether oxygens (including phenoxy) is 3. The van der Waals surface area contributed by atoms with E-state index in [-0.39, 0.29) is 30.1 Å². The Bertz CT molecular complexity index is 876. The van der Waals surface area contributed by atoms with Crippen molar-refractivity contribution in [3.63, 3.8) is 0 Å². The molecule has 0 bridgehead atoms. The fourth-order valence-corrected chi connectivity index (χ4v) is 6.64. The molecule has 5 atom stereocenters. The van der Waals surface area contributed by atoms with Crippen LogP contribution >= 0.6 is 11.3 Å². The molecule has 0 aliphatic carbocycles. The van der Waals surface area contributed by atoms with Gasteiger partial charge in [0.25, 0.3) is 0 Å². The number of epoxide rings is 1. The second kappa shape index (κ2) is 13.2. The monoisotopic (exact) mass is 553 g/mol. The smallest absolute Gasteiger partial charge is 0.192 e. The number of hydrogen-bond donors (Lipinski definition) is 1. The molecule has 3 heterocycles. The Morgan fingerprint density at radius 1 is 1.35 bits per heavy atom. The summed E-state index contributed by atoms with van der Waals surface area (Å²) < 4.78 is 24.8. The second-order valence-corrected chi connectivity index (χ2v) is 18.6. The van der Waals surface area contributed by atoms with Crippen LogP contribution in [0.5, 0.6) is 0 Å². The average molecular weight is 554 g/mol. The minimum atomic E-state index is -2.00. The molecule has 0 saturated carbocycles. The lowest BCUT2D eigenvalue weighted by atomic mass is 9.92. The van der Waals surface area contributed by atoms with Crippen molar-refractivity contribution < 1.29 is 23.7 Å². The number of aromatic nitrogens is 1. The van der Waals surface area contributed by atoms with Gasteiger partial charge >= 0.3 is 0 Å². The van der Waals surface area contributed by atoms with E-state index in [2.05, 4.69) is 64.2 Å². The van der Waals surface area contributed by atoms with Crippen LogP contribution in [0.15, 0.2) is 11.0 Å². The van der Waals surface area contributed by atoms with Gasteiger partial charge in [0, 0.05) is 18.4 Å². The summed E-state index contributed by atoms with van der Waals surface area (Å²) in [6.07, 6.45) is 9.10. The topological polar surface area (TPSA) is 73.3 Å². The Labute approximate surface area is 230 Å². The molecule has 37 heavy (non-hydrogen) atoms. The molecular formula is C29H51NO5SSi. The van der Waals surface area contributed by atoms with E-state index in [0.717, 1.165) is 62.4 Å². The molecule has 8 heteroatoms. The molecule has 2 saturated heterocycles. The zero-order chi connectivity index (χ0) is 27.3. The Morgan fingerprint density at radius 2 is 2.11 bits per heavy atom. The van der Waals surface area contributed by atoms with E-state index in [1.807, 2.05) is 6.92 Å². The number of rotatable bonds is 14. The number of aliphatic hydroxyl groups is 1. The molecule has 2 aliphatic heterocycles. The molecule has 2 aliphatic rings. The number of aryl methyl sites for hydroxylation is 1. The highest BCUT2D eigenvalue weighted by Gasteiger charge is 2.56. The van der Waals surface area contributed by atoms with Crippen LogP contribution in [0.25, 0.3) is 6.08 Å². The largest absolute Gasteiger partial charge is 0.410 e. The van der Waals surface area contributed by atoms with E-state index < -0.39 is 13.9 Å². The third-order valence-electron chi connectivity index (χ3n) is 8.37. The van der Waals surface area contributed by atoms with E-state index in [0.29, 0.717) is 5.92 Å². The van der Waals surface area contributed by atoms with Crippen LogP contribution in [0.1, 0.15) is 90.3 Å². The first kappa shape index (κ1) is 30.9. The maximum atomic E-state index is 10.3. The summed E-state index contributed by atoms with van der Waals surface area (Å²) in [5.74, 6) is 0.458. The summed E-state index contributed by atoms with van der Waals surface area (Å²) in [5.41, 5.74) is 1.72. The Morgan fingerprint density at radius 3 is 2.70 bits per heavy atom. The van der Waals surface area contributed by atoms with Gasteiger partial charge in [-0.1, -0.05) is 34.1 Å². The van der Waals surface area contributed by atoms with Crippen molar-refractivity contribution in [2.45, 2.75) is 129 Å². The Balaban J connectivity index is 1.56. The summed E-state index contributed by atoms with van der Waals surface area (Å²) >= 11 is 1.67. The Kier molecular flexibility index (Phi) is 11.0. The molecular weight excluding hydrogens is 502 g/mol. The van der Waals surface area contributed by atoms with Crippen LogP contribution in [0.2, 0.25) is 18.1 Å². The average Bonchev–Trinajstić information content (AvgIpc) is 3.36. The van der Waals surface area contributed by atoms with E-state index in [1.54, 1.807) is 11.3 Å². The lowest BCUT2D eigenvalue weighted by Gasteiger charge is -2.39. The van der Waals surface area contributed by atoms with E-state index in [4.69, 9.17) is 18.6 Å². The molecule has 0 amide bonds. The minimum Gasteiger partial charge on any atom is -0.410 e. The van der Waals surface area contributed by atoms with Gasteiger partial charge in [-0.3, -0.25) is 0 Å². The number of thiazole rings is 1. The predicted molar refractivity (Wildman–Crippen MR) is 154 cm³/mol. The predicted octanol–water partition coefficient (Wildman–Crippen LogP) is 7.11. The molecule has 2 fully saturated rings. The SMILES string of the molecule is C/C(=C\c1csc(C)n1)[C@H](C[C@@H]1O[C@]1(CO)CCC[C@H](C)COC1CCCCO1)O[Si](C)(C)C(C)(C)C. The van der Waals surface area contributed by atoms with Crippen molar-refractivity contribution >= 4 is 25.7 Å². The number of nitrogens with zero attached hydrogens (tertiary/aromatic N) is 1. The maximum Gasteiger partial charge on any atom is 0.192 e. The quantitative estimate of drug-likeness (QED) is 0.195. The fraction of sp³-hybridized carbons (Fsp3) is 0.828. The highest BCUT2D eigenvalue weighted by Crippen LogP contribution is 2.46. The molecule has 1 aromatic rings. The van der Waals surface area contributed by atoms with Crippen LogP contribution < -0.4 is 0 Å². The van der Waals surface area contributed by atoms with E-state index >= 15 is 0 Å². The number of hydrogen-bond acceptors (Lipinski definition) is 7. The van der Waals surface area contributed by atoms with Gasteiger partial charge in [-0.15, -0.1) is 11.3 Å². The lowest BCUT2D eigenvalue weighted by molar-refractivity contribution is -0.168. The Hall–Kier alpha value is -0.613. The minimum absolute atomic E-state index is 0.00924. The van der Waals surface area contributed by atoms with Crippen molar-refractivity contribution in [2.24, 2.45) is 5.92 Å².